The summed E-state index contributed by atoms with van der Waals surface area (Å²) < 4.78 is 6.29. The highest BCUT2D eigenvalue weighted by atomic mass is 79.9. The van der Waals surface area contributed by atoms with E-state index < -0.39 is 0 Å². The number of anilines is 1. The van der Waals surface area contributed by atoms with Gasteiger partial charge >= 0.3 is 0 Å². The van der Waals surface area contributed by atoms with Gasteiger partial charge in [0.2, 0.25) is 0 Å². The van der Waals surface area contributed by atoms with Crippen LogP contribution in [0.4, 0.5) is 5.69 Å². The quantitative estimate of drug-likeness (QED) is 0.810. The zero-order chi connectivity index (χ0) is 12.3. The number of nitrogens with one attached hydrogen (secondary N) is 1. The Hall–Kier alpha value is -0.870. The number of benzene rings is 1. The van der Waals surface area contributed by atoms with Gasteiger partial charge in [-0.3, -0.25) is 0 Å². The van der Waals surface area contributed by atoms with Gasteiger partial charge in [-0.05, 0) is 59.4 Å². The van der Waals surface area contributed by atoms with E-state index in [1.165, 1.54) is 4.90 Å². The number of furan rings is 1. The van der Waals surface area contributed by atoms with Crippen molar-refractivity contribution in [3.05, 3.63) is 46.8 Å². The third-order valence-corrected chi connectivity index (χ3v) is 3.63. The van der Waals surface area contributed by atoms with E-state index in [0.29, 0.717) is 0 Å². The minimum Gasteiger partial charge on any atom is -0.452 e. The van der Waals surface area contributed by atoms with E-state index in [2.05, 4.69) is 58.7 Å². The first-order valence-corrected chi connectivity index (χ1v) is 7.36. The van der Waals surface area contributed by atoms with E-state index in [-0.39, 0.29) is 6.04 Å². The molecule has 0 aliphatic rings. The summed E-state index contributed by atoms with van der Waals surface area (Å²) in [6.07, 6.45) is 2.08. The maximum Gasteiger partial charge on any atom is 0.169 e. The van der Waals surface area contributed by atoms with E-state index in [0.717, 1.165) is 16.1 Å². The third-order valence-electron chi connectivity index (χ3n) is 2.47. The molecule has 1 unspecified atom stereocenters. The third kappa shape index (κ3) is 3.30. The van der Waals surface area contributed by atoms with Crippen molar-refractivity contribution in [2.75, 3.05) is 11.6 Å². The highest BCUT2D eigenvalue weighted by Gasteiger charge is 2.09. The Labute approximate surface area is 114 Å². The standard InChI is InChI=1S/C13H14BrNOS/c1-9(12-6-7-13(14)16-12)15-10-4-3-5-11(8-10)17-2/h3-9,15H,1-2H3. The summed E-state index contributed by atoms with van der Waals surface area (Å²) in [6.45, 7) is 2.08. The lowest BCUT2D eigenvalue weighted by Gasteiger charge is -2.13. The van der Waals surface area contributed by atoms with Gasteiger partial charge in [0.1, 0.15) is 5.76 Å². The van der Waals surface area contributed by atoms with Gasteiger partial charge in [-0.15, -0.1) is 11.8 Å². The van der Waals surface area contributed by atoms with Crippen molar-refractivity contribution >= 4 is 33.4 Å². The summed E-state index contributed by atoms with van der Waals surface area (Å²) >= 11 is 5.05. The molecule has 0 saturated carbocycles. The predicted octanol–water partition coefficient (Wildman–Crippen LogP) is 4.94. The molecule has 0 aliphatic heterocycles. The lowest BCUT2D eigenvalue weighted by Crippen LogP contribution is -2.05. The molecule has 0 saturated heterocycles. The van der Waals surface area contributed by atoms with Gasteiger partial charge in [0.25, 0.3) is 0 Å². The molecule has 90 valence electrons. The fraction of sp³-hybridized carbons (Fsp3) is 0.231. The van der Waals surface area contributed by atoms with E-state index in [1.54, 1.807) is 11.8 Å². The van der Waals surface area contributed by atoms with Crippen LogP contribution in [0.3, 0.4) is 0 Å². The van der Waals surface area contributed by atoms with Crippen LogP contribution in [-0.4, -0.2) is 6.26 Å². The molecule has 0 aliphatic carbocycles. The Bertz CT molecular complexity index is 498. The van der Waals surface area contributed by atoms with Crippen LogP contribution in [0.1, 0.15) is 18.7 Å². The van der Waals surface area contributed by atoms with Crippen molar-refractivity contribution in [1.82, 2.24) is 0 Å². The molecule has 2 rings (SSSR count). The van der Waals surface area contributed by atoms with E-state index >= 15 is 0 Å². The fourth-order valence-electron chi connectivity index (χ4n) is 1.59. The maximum absolute atomic E-state index is 5.52. The maximum atomic E-state index is 5.52. The predicted molar refractivity (Wildman–Crippen MR) is 76.7 cm³/mol. The van der Waals surface area contributed by atoms with Crippen molar-refractivity contribution in [3.8, 4) is 0 Å². The van der Waals surface area contributed by atoms with Crippen molar-refractivity contribution in [2.24, 2.45) is 0 Å². The van der Waals surface area contributed by atoms with E-state index in [9.17, 15) is 0 Å². The van der Waals surface area contributed by atoms with Gasteiger partial charge in [-0.2, -0.15) is 0 Å². The van der Waals surface area contributed by atoms with Crippen LogP contribution in [0.15, 0.2) is 50.4 Å². The average molecular weight is 312 g/mol. The molecule has 0 amide bonds. The molecule has 1 atom stereocenters. The zero-order valence-corrected chi connectivity index (χ0v) is 12.1. The highest BCUT2D eigenvalue weighted by Crippen LogP contribution is 2.25. The number of hydrogen-bond donors (Lipinski definition) is 1. The Morgan fingerprint density at radius 3 is 2.76 bits per heavy atom. The van der Waals surface area contributed by atoms with Crippen LogP contribution >= 0.6 is 27.7 Å². The second kappa shape index (κ2) is 5.65. The Morgan fingerprint density at radius 1 is 1.29 bits per heavy atom. The first kappa shape index (κ1) is 12.6. The fourth-order valence-corrected chi connectivity index (χ4v) is 2.37. The molecule has 1 heterocycles. The Kier molecular flexibility index (Phi) is 4.18. The molecule has 1 N–H and O–H groups in total. The first-order chi connectivity index (χ1) is 8.19. The Morgan fingerprint density at radius 2 is 2.12 bits per heavy atom. The summed E-state index contributed by atoms with van der Waals surface area (Å²) in [5.74, 6) is 0.923. The first-order valence-electron chi connectivity index (χ1n) is 5.35. The zero-order valence-electron chi connectivity index (χ0n) is 9.74. The molecule has 2 aromatic rings. The normalized spacial score (nSPS) is 12.4. The minimum absolute atomic E-state index is 0.151. The van der Waals surface area contributed by atoms with Gasteiger partial charge in [0.05, 0.1) is 6.04 Å². The largest absolute Gasteiger partial charge is 0.452 e. The SMILES string of the molecule is CSc1cccc(NC(C)c2ccc(Br)o2)c1. The monoisotopic (exact) mass is 311 g/mol. The van der Waals surface area contributed by atoms with Crippen molar-refractivity contribution < 1.29 is 4.42 Å². The number of rotatable bonds is 4. The van der Waals surface area contributed by atoms with Gasteiger partial charge < -0.3 is 9.73 Å². The summed E-state index contributed by atoms with van der Waals surface area (Å²) in [5, 5.41) is 3.42. The molecule has 0 spiro atoms. The van der Waals surface area contributed by atoms with Crippen LogP contribution in [0.2, 0.25) is 0 Å². The molecule has 0 radical (unpaired) electrons. The number of halogens is 1. The smallest absolute Gasteiger partial charge is 0.169 e. The molecule has 2 nitrogen and oxygen atoms in total. The van der Waals surface area contributed by atoms with Crippen LogP contribution in [0.25, 0.3) is 0 Å². The molecule has 1 aromatic carbocycles. The topological polar surface area (TPSA) is 25.2 Å². The van der Waals surface area contributed by atoms with Crippen LogP contribution in [-0.2, 0) is 0 Å². The molecular weight excluding hydrogens is 298 g/mol. The van der Waals surface area contributed by atoms with Crippen molar-refractivity contribution in [1.29, 1.82) is 0 Å². The Balaban J connectivity index is 2.09. The molecular formula is C13H14BrNOS. The summed E-state index contributed by atoms with van der Waals surface area (Å²) in [4.78, 5) is 1.25. The lowest BCUT2D eigenvalue weighted by atomic mass is 10.2. The van der Waals surface area contributed by atoms with Gasteiger partial charge in [-0.25, -0.2) is 0 Å². The van der Waals surface area contributed by atoms with E-state index in [1.807, 2.05) is 12.1 Å². The van der Waals surface area contributed by atoms with Crippen LogP contribution in [0, 0.1) is 0 Å². The number of hydrogen-bond acceptors (Lipinski definition) is 3. The second-order valence-electron chi connectivity index (χ2n) is 3.74. The number of thioether (sulfide) groups is 1. The summed E-state index contributed by atoms with van der Waals surface area (Å²) in [7, 11) is 0. The van der Waals surface area contributed by atoms with E-state index in [4.69, 9.17) is 4.42 Å². The van der Waals surface area contributed by atoms with Crippen LogP contribution < -0.4 is 5.32 Å². The second-order valence-corrected chi connectivity index (χ2v) is 5.40. The van der Waals surface area contributed by atoms with Crippen molar-refractivity contribution in [2.45, 2.75) is 17.9 Å². The minimum atomic E-state index is 0.151. The molecule has 0 fully saturated rings. The van der Waals surface area contributed by atoms with Gasteiger partial charge in [-0.1, -0.05) is 6.07 Å². The lowest BCUT2D eigenvalue weighted by molar-refractivity contribution is 0.471. The molecule has 17 heavy (non-hydrogen) atoms. The van der Waals surface area contributed by atoms with Crippen LogP contribution in [0.5, 0.6) is 0 Å². The molecule has 4 heteroatoms. The molecule has 1 aromatic heterocycles. The highest BCUT2D eigenvalue weighted by molar-refractivity contribution is 9.10. The van der Waals surface area contributed by atoms with Gasteiger partial charge in [0, 0.05) is 10.6 Å². The van der Waals surface area contributed by atoms with Gasteiger partial charge in [0.15, 0.2) is 4.67 Å². The summed E-state index contributed by atoms with van der Waals surface area (Å²) in [6, 6.07) is 12.4. The average Bonchev–Trinajstić information content (AvgIpc) is 2.76. The van der Waals surface area contributed by atoms with Crippen molar-refractivity contribution in [3.63, 3.8) is 0 Å². The molecule has 0 bridgehead atoms. The summed E-state index contributed by atoms with van der Waals surface area (Å²) in [5.41, 5.74) is 1.11.